The van der Waals surface area contributed by atoms with E-state index in [0.717, 1.165) is 18.5 Å². The quantitative estimate of drug-likeness (QED) is 0.675. The molecule has 106 valence electrons. The highest BCUT2D eigenvalue weighted by atomic mass is 16.4. The Morgan fingerprint density at radius 3 is 2.42 bits per heavy atom. The topological polar surface area (TPSA) is 69.6 Å². The third-order valence-electron chi connectivity index (χ3n) is 3.24. The van der Waals surface area contributed by atoms with Gasteiger partial charge < -0.3 is 15.5 Å². The Bertz CT molecular complexity index is 398. The van der Waals surface area contributed by atoms with Crippen molar-refractivity contribution < 1.29 is 15.0 Å². The number of anilines is 1. The Hall–Kier alpha value is -1.55. The molecule has 0 unspecified atom stereocenters. The molecule has 1 aromatic rings. The van der Waals surface area contributed by atoms with Gasteiger partial charge in [0.15, 0.2) is 0 Å². The Morgan fingerprint density at radius 1 is 1.26 bits per heavy atom. The lowest BCUT2D eigenvalue weighted by atomic mass is 9.87. The maximum absolute atomic E-state index is 11.0. The van der Waals surface area contributed by atoms with Crippen molar-refractivity contribution in [2.75, 3.05) is 18.5 Å². The zero-order valence-corrected chi connectivity index (χ0v) is 11.6. The molecular formula is C15H23NO3. The first-order chi connectivity index (χ1) is 8.95. The minimum atomic E-state index is -0.740. The number of hydrogen-bond donors (Lipinski definition) is 3. The van der Waals surface area contributed by atoms with Gasteiger partial charge in [-0.2, -0.15) is 0 Å². The standard InChI is InChI=1S/C15H23NO3/c1-15(2,14(18)19)9-3-4-12-5-7-13(8-6-12)16-10-11-17/h5-8,16-17H,3-4,9-11H2,1-2H3,(H,18,19). The fraction of sp³-hybridized carbons (Fsp3) is 0.533. The Balaban J connectivity index is 2.40. The van der Waals surface area contributed by atoms with Gasteiger partial charge in [-0.15, -0.1) is 0 Å². The minimum Gasteiger partial charge on any atom is -0.481 e. The molecule has 0 saturated carbocycles. The summed E-state index contributed by atoms with van der Waals surface area (Å²) in [6.45, 7) is 4.19. The van der Waals surface area contributed by atoms with Crippen molar-refractivity contribution in [2.45, 2.75) is 33.1 Å². The molecule has 1 rings (SSSR count). The van der Waals surface area contributed by atoms with Crippen molar-refractivity contribution in [3.63, 3.8) is 0 Å². The average molecular weight is 265 g/mol. The van der Waals surface area contributed by atoms with Gasteiger partial charge in [0.1, 0.15) is 0 Å². The predicted octanol–water partition coefficient (Wildman–Crippen LogP) is 2.52. The molecule has 0 amide bonds. The molecule has 0 aliphatic rings. The number of benzene rings is 1. The van der Waals surface area contributed by atoms with E-state index >= 15 is 0 Å². The van der Waals surface area contributed by atoms with E-state index in [4.69, 9.17) is 10.2 Å². The second-order valence-corrected chi connectivity index (χ2v) is 5.39. The maximum atomic E-state index is 11.0. The molecule has 3 N–H and O–H groups in total. The van der Waals surface area contributed by atoms with E-state index in [2.05, 4.69) is 5.32 Å². The third-order valence-corrected chi connectivity index (χ3v) is 3.24. The number of hydrogen-bond acceptors (Lipinski definition) is 3. The number of aryl methyl sites for hydroxylation is 1. The van der Waals surface area contributed by atoms with Crippen LogP contribution >= 0.6 is 0 Å². The van der Waals surface area contributed by atoms with Crippen LogP contribution in [0.4, 0.5) is 5.69 Å². The molecule has 0 spiro atoms. The number of carboxylic acids is 1. The van der Waals surface area contributed by atoms with E-state index in [-0.39, 0.29) is 6.61 Å². The molecule has 0 bridgehead atoms. The van der Waals surface area contributed by atoms with E-state index in [1.165, 1.54) is 5.56 Å². The molecule has 0 aromatic heterocycles. The number of aliphatic hydroxyl groups excluding tert-OH is 1. The summed E-state index contributed by atoms with van der Waals surface area (Å²) in [5.74, 6) is -0.740. The van der Waals surface area contributed by atoms with Gasteiger partial charge in [-0.1, -0.05) is 12.1 Å². The highest BCUT2D eigenvalue weighted by molar-refractivity contribution is 5.73. The molecular weight excluding hydrogens is 242 g/mol. The lowest BCUT2D eigenvalue weighted by molar-refractivity contribution is -0.147. The molecule has 0 heterocycles. The van der Waals surface area contributed by atoms with Gasteiger partial charge in [0, 0.05) is 12.2 Å². The van der Waals surface area contributed by atoms with Gasteiger partial charge >= 0.3 is 5.97 Å². The van der Waals surface area contributed by atoms with E-state index in [9.17, 15) is 4.79 Å². The lowest BCUT2D eigenvalue weighted by Gasteiger charge is -2.18. The predicted molar refractivity (Wildman–Crippen MR) is 76.4 cm³/mol. The summed E-state index contributed by atoms with van der Waals surface area (Å²) in [6, 6.07) is 8.03. The van der Waals surface area contributed by atoms with Crippen molar-refractivity contribution in [3.8, 4) is 0 Å². The number of carbonyl (C=O) groups is 1. The van der Waals surface area contributed by atoms with E-state index in [1.807, 2.05) is 24.3 Å². The van der Waals surface area contributed by atoms with Crippen molar-refractivity contribution in [1.82, 2.24) is 0 Å². The normalized spacial score (nSPS) is 11.3. The monoisotopic (exact) mass is 265 g/mol. The van der Waals surface area contributed by atoms with Crippen LogP contribution in [0.1, 0.15) is 32.3 Å². The molecule has 19 heavy (non-hydrogen) atoms. The van der Waals surface area contributed by atoms with Crippen LogP contribution in [-0.2, 0) is 11.2 Å². The molecule has 0 fully saturated rings. The lowest BCUT2D eigenvalue weighted by Crippen LogP contribution is -2.23. The molecule has 4 heteroatoms. The second kappa shape index (κ2) is 7.14. The van der Waals surface area contributed by atoms with Crippen LogP contribution < -0.4 is 5.32 Å². The van der Waals surface area contributed by atoms with Gasteiger partial charge in [-0.25, -0.2) is 0 Å². The van der Waals surface area contributed by atoms with Crippen LogP contribution in [0.25, 0.3) is 0 Å². The van der Waals surface area contributed by atoms with Crippen molar-refractivity contribution in [2.24, 2.45) is 5.41 Å². The SMILES string of the molecule is CC(C)(CCCc1ccc(NCCO)cc1)C(=O)O. The molecule has 1 aromatic carbocycles. The van der Waals surface area contributed by atoms with Crippen LogP contribution in [-0.4, -0.2) is 29.3 Å². The Morgan fingerprint density at radius 2 is 1.89 bits per heavy atom. The van der Waals surface area contributed by atoms with Crippen molar-refractivity contribution in [1.29, 1.82) is 0 Å². The van der Waals surface area contributed by atoms with Crippen LogP contribution in [0.15, 0.2) is 24.3 Å². The van der Waals surface area contributed by atoms with Crippen molar-refractivity contribution >= 4 is 11.7 Å². The maximum Gasteiger partial charge on any atom is 0.309 e. The highest BCUT2D eigenvalue weighted by Crippen LogP contribution is 2.23. The highest BCUT2D eigenvalue weighted by Gasteiger charge is 2.25. The summed E-state index contributed by atoms with van der Waals surface area (Å²) in [6.07, 6.45) is 2.42. The first-order valence-electron chi connectivity index (χ1n) is 6.63. The summed E-state index contributed by atoms with van der Waals surface area (Å²) >= 11 is 0. The van der Waals surface area contributed by atoms with E-state index < -0.39 is 11.4 Å². The van der Waals surface area contributed by atoms with Crippen LogP contribution in [0.5, 0.6) is 0 Å². The molecule has 0 radical (unpaired) electrons. The molecule has 4 nitrogen and oxygen atoms in total. The van der Waals surface area contributed by atoms with Gasteiger partial charge in [0.2, 0.25) is 0 Å². The van der Waals surface area contributed by atoms with Gasteiger partial charge in [0.25, 0.3) is 0 Å². The largest absolute Gasteiger partial charge is 0.481 e. The summed E-state index contributed by atoms with van der Waals surface area (Å²) in [4.78, 5) is 11.0. The van der Waals surface area contributed by atoms with Crippen LogP contribution in [0, 0.1) is 5.41 Å². The number of aliphatic carboxylic acids is 1. The summed E-state index contributed by atoms with van der Waals surface area (Å²) in [5, 5.41) is 20.8. The number of rotatable bonds is 8. The summed E-state index contributed by atoms with van der Waals surface area (Å²) in [7, 11) is 0. The first-order valence-corrected chi connectivity index (χ1v) is 6.63. The first kappa shape index (κ1) is 15.5. The number of aliphatic hydroxyl groups is 1. The molecule has 0 aliphatic heterocycles. The summed E-state index contributed by atoms with van der Waals surface area (Å²) < 4.78 is 0. The zero-order chi connectivity index (χ0) is 14.3. The van der Waals surface area contributed by atoms with Gasteiger partial charge in [-0.05, 0) is 50.8 Å². The molecule has 0 atom stereocenters. The Kier molecular flexibility index (Phi) is 5.83. The van der Waals surface area contributed by atoms with E-state index in [0.29, 0.717) is 13.0 Å². The second-order valence-electron chi connectivity index (χ2n) is 5.39. The van der Waals surface area contributed by atoms with Crippen LogP contribution in [0.3, 0.4) is 0 Å². The smallest absolute Gasteiger partial charge is 0.309 e. The van der Waals surface area contributed by atoms with Crippen LogP contribution in [0.2, 0.25) is 0 Å². The molecule has 0 aliphatic carbocycles. The third kappa shape index (κ3) is 5.30. The van der Waals surface area contributed by atoms with Crippen molar-refractivity contribution in [3.05, 3.63) is 29.8 Å². The fourth-order valence-electron chi connectivity index (χ4n) is 1.83. The fourth-order valence-corrected chi connectivity index (χ4v) is 1.83. The number of nitrogens with one attached hydrogen (secondary N) is 1. The molecule has 0 saturated heterocycles. The minimum absolute atomic E-state index is 0.117. The van der Waals surface area contributed by atoms with Gasteiger partial charge in [-0.3, -0.25) is 4.79 Å². The average Bonchev–Trinajstić information content (AvgIpc) is 2.37. The van der Waals surface area contributed by atoms with E-state index in [1.54, 1.807) is 13.8 Å². The zero-order valence-electron chi connectivity index (χ0n) is 11.6. The van der Waals surface area contributed by atoms with Gasteiger partial charge in [0.05, 0.1) is 12.0 Å². The Labute approximate surface area is 114 Å². The summed E-state index contributed by atoms with van der Waals surface area (Å²) in [5.41, 5.74) is 1.54. The number of carboxylic acid groups (broad SMARTS) is 1.